The smallest absolute Gasteiger partial charge is 0.238 e. The zero-order chi connectivity index (χ0) is 13.5. The number of carbonyl (C=O) groups excluding carboxylic acids is 1. The van der Waals surface area contributed by atoms with E-state index in [1.807, 2.05) is 24.3 Å². The fourth-order valence-corrected chi connectivity index (χ4v) is 1.64. The van der Waals surface area contributed by atoms with E-state index in [9.17, 15) is 4.79 Å². The number of hydrogen-bond donors (Lipinski definition) is 2. The van der Waals surface area contributed by atoms with Crippen LogP contribution in [0, 0.1) is 0 Å². The molecule has 1 fully saturated rings. The van der Waals surface area contributed by atoms with Gasteiger partial charge in [0, 0.05) is 24.9 Å². The third-order valence-electron chi connectivity index (χ3n) is 2.80. The lowest BCUT2D eigenvalue weighted by Gasteiger charge is -2.09. The predicted molar refractivity (Wildman–Crippen MR) is 73.5 cm³/mol. The van der Waals surface area contributed by atoms with Gasteiger partial charge in [0.25, 0.3) is 0 Å². The molecule has 0 radical (unpaired) electrons. The van der Waals surface area contributed by atoms with Crippen molar-refractivity contribution in [1.29, 1.82) is 0 Å². The van der Waals surface area contributed by atoms with Gasteiger partial charge in [0.2, 0.25) is 5.91 Å². The van der Waals surface area contributed by atoms with E-state index in [0.717, 1.165) is 11.4 Å². The molecule has 0 aromatic heterocycles. The summed E-state index contributed by atoms with van der Waals surface area (Å²) in [6.45, 7) is 1.40. The summed E-state index contributed by atoms with van der Waals surface area (Å²) >= 11 is 0. The summed E-state index contributed by atoms with van der Waals surface area (Å²) in [5.74, 6) is 0.700. The van der Waals surface area contributed by atoms with E-state index in [0.29, 0.717) is 25.8 Å². The Balaban J connectivity index is 1.78. The third kappa shape index (κ3) is 5.28. The van der Waals surface area contributed by atoms with Crippen molar-refractivity contribution in [3.05, 3.63) is 24.3 Å². The topological polar surface area (TPSA) is 59.6 Å². The summed E-state index contributed by atoms with van der Waals surface area (Å²) in [5.41, 5.74) is 0.748. The second-order valence-corrected chi connectivity index (χ2v) is 4.57. The van der Waals surface area contributed by atoms with E-state index < -0.39 is 0 Å². The first-order valence-electron chi connectivity index (χ1n) is 6.53. The Kier molecular flexibility index (Phi) is 5.18. The molecule has 1 aliphatic carbocycles. The Labute approximate surface area is 113 Å². The quantitative estimate of drug-likeness (QED) is 0.697. The van der Waals surface area contributed by atoms with Crippen molar-refractivity contribution in [2.45, 2.75) is 18.9 Å². The Morgan fingerprint density at radius 3 is 2.95 bits per heavy atom. The fourth-order valence-electron chi connectivity index (χ4n) is 1.64. The molecular weight excluding hydrogens is 244 g/mol. The average Bonchev–Trinajstić information content (AvgIpc) is 3.21. The van der Waals surface area contributed by atoms with E-state index >= 15 is 0 Å². The van der Waals surface area contributed by atoms with Crippen LogP contribution in [0.1, 0.15) is 12.8 Å². The molecule has 0 saturated heterocycles. The van der Waals surface area contributed by atoms with Gasteiger partial charge in [-0.2, -0.15) is 0 Å². The molecule has 1 saturated carbocycles. The number of benzene rings is 1. The van der Waals surface area contributed by atoms with Crippen molar-refractivity contribution in [2.24, 2.45) is 0 Å². The molecule has 0 unspecified atom stereocenters. The highest BCUT2D eigenvalue weighted by Gasteiger charge is 2.21. The number of nitrogens with one attached hydrogen (secondary N) is 2. The molecule has 2 rings (SSSR count). The van der Waals surface area contributed by atoms with Gasteiger partial charge in [-0.3, -0.25) is 4.79 Å². The number of hydrogen-bond acceptors (Lipinski definition) is 4. The van der Waals surface area contributed by atoms with E-state index in [1.165, 1.54) is 12.8 Å². The second kappa shape index (κ2) is 7.11. The highest BCUT2D eigenvalue weighted by atomic mass is 16.5. The number of rotatable bonds is 8. The number of carbonyl (C=O) groups is 1. The van der Waals surface area contributed by atoms with Crippen LogP contribution in [-0.4, -0.2) is 38.8 Å². The first kappa shape index (κ1) is 13.8. The Morgan fingerprint density at radius 2 is 2.21 bits per heavy atom. The summed E-state index contributed by atoms with van der Waals surface area (Å²) < 4.78 is 10.4. The fraction of sp³-hybridized carbons (Fsp3) is 0.500. The highest BCUT2D eigenvalue weighted by Crippen LogP contribution is 2.19. The maximum Gasteiger partial charge on any atom is 0.238 e. The van der Waals surface area contributed by atoms with Crippen molar-refractivity contribution in [3.63, 3.8) is 0 Å². The van der Waals surface area contributed by atoms with Gasteiger partial charge in [-0.25, -0.2) is 0 Å². The van der Waals surface area contributed by atoms with Gasteiger partial charge < -0.3 is 20.1 Å². The van der Waals surface area contributed by atoms with E-state index in [1.54, 1.807) is 7.11 Å². The van der Waals surface area contributed by atoms with Gasteiger partial charge in [0.15, 0.2) is 0 Å². The van der Waals surface area contributed by atoms with Crippen LogP contribution in [0.3, 0.4) is 0 Å². The minimum atomic E-state index is -0.0269. The molecule has 19 heavy (non-hydrogen) atoms. The molecular formula is C14H20N2O3. The average molecular weight is 264 g/mol. The molecule has 1 amide bonds. The number of methoxy groups -OCH3 is 1. The van der Waals surface area contributed by atoms with Crippen LogP contribution in [0.4, 0.5) is 5.69 Å². The van der Waals surface area contributed by atoms with Crippen molar-refractivity contribution in [1.82, 2.24) is 5.32 Å². The van der Waals surface area contributed by atoms with Crippen molar-refractivity contribution in [3.8, 4) is 5.75 Å². The summed E-state index contributed by atoms with van der Waals surface area (Å²) in [4.78, 5) is 11.7. The molecule has 1 aromatic carbocycles. The molecule has 0 bridgehead atoms. The van der Waals surface area contributed by atoms with Crippen molar-refractivity contribution in [2.75, 3.05) is 32.2 Å². The van der Waals surface area contributed by atoms with Crippen LogP contribution in [0.15, 0.2) is 24.3 Å². The van der Waals surface area contributed by atoms with Gasteiger partial charge in [0.1, 0.15) is 12.4 Å². The summed E-state index contributed by atoms with van der Waals surface area (Å²) in [7, 11) is 1.63. The molecule has 1 aromatic rings. The van der Waals surface area contributed by atoms with Crippen LogP contribution in [0.25, 0.3) is 0 Å². The molecule has 0 spiro atoms. The minimum Gasteiger partial charge on any atom is -0.491 e. The monoisotopic (exact) mass is 264 g/mol. The molecule has 5 nitrogen and oxygen atoms in total. The summed E-state index contributed by atoms with van der Waals surface area (Å²) in [6.07, 6.45) is 2.35. The van der Waals surface area contributed by atoms with Crippen LogP contribution in [-0.2, 0) is 9.53 Å². The van der Waals surface area contributed by atoms with Gasteiger partial charge in [-0.15, -0.1) is 0 Å². The van der Waals surface area contributed by atoms with Crippen LogP contribution in [0.5, 0.6) is 5.75 Å². The minimum absolute atomic E-state index is 0.0269. The number of ether oxygens (including phenoxy) is 2. The number of anilines is 1. The summed E-state index contributed by atoms with van der Waals surface area (Å²) in [5, 5.41) is 6.02. The second-order valence-electron chi connectivity index (χ2n) is 4.57. The van der Waals surface area contributed by atoms with Gasteiger partial charge in [-0.05, 0) is 25.0 Å². The molecule has 2 N–H and O–H groups in total. The van der Waals surface area contributed by atoms with Crippen LogP contribution in [0.2, 0.25) is 0 Å². The maximum atomic E-state index is 11.7. The Hall–Kier alpha value is -1.59. The van der Waals surface area contributed by atoms with Gasteiger partial charge in [0.05, 0.1) is 13.2 Å². The standard InChI is InChI=1S/C14H20N2O3/c1-18-7-8-19-13-4-2-3-12(9-13)16-14(17)10-15-11-5-6-11/h2-4,9,11,15H,5-8,10H2,1H3,(H,16,17). The first-order valence-corrected chi connectivity index (χ1v) is 6.53. The maximum absolute atomic E-state index is 11.7. The molecule has 0 heterocycles. The first-order chi connectivity index (χ1) is 9.28. The molecule has 5 heteroatoms. The highest BCUT2D eigenvalue weighted by molar-refractivity contribution is 5.92. The summed E-state index contributed by atoms with van der Waals surface area (Å²) in [6, 6.07) is 7.90. The Morgan fingerprint density at radius 1 is 1.37 bits per heavy atom. The van der Waals surface area contributed by atoms with Gasteiger partial charge >= 0.3 is 0 Å². The van der Waals surface area contributed by atoms with E-state index in [4.69, 9.17) is 9.47 Å². The van der Waals surface area contributed by atoms with Crippen LogP contribution < -0.4 is 15.4 Å². The predicted octanol–water partition coefficient (Wildman–Crippen LogP) is 1.40. The molecule has 104 valence electrons. The van der Waals surface area contributed by atoms with E-state index in [-0.39, 0.29) is 5.91 Å². The van der Waals surface area contributed by atoms with Crippen molar-refractivity contribution < 1.29 is 14.3 Å². The largest absolute Gasteiger partial charge is 0.491 e. The lowest BCUT2D eigenvalue weighted by Crippen LogP contribution is -2.29. The van der Waals surface area contributed by atoms with Crippen LogP contribution >= 0.6 is 0 Å². The third-order valence-corrected chi connectivity index (χ3v) is 2.80. The van der Waals surface area contributed by atoms with Crippen molar-refractivity contribution >= 4 is 11.6 Å². The lowest BCUT2D eigenvalue weighted by atomic mass is 10.3. The van der Waals surface area contributed by atoms with E-state index in [2.05, 4.69) is 10.6 Å². The SMILES string of the molecule is COCCOc1cccc(NC(=O)CNC2CC2)c1. The number of amides is 1. The molecule has 1 aliphatic rings. The zero-order valence-electron chi connectivity index (χ0n) is 11.1. The zero-order valence-corrected chi connectivity index (χ0v) is 11.1. The lowest BCUT2D eigenvalue weighted by molar-refractivity contribution is -0.115. The van der Waals surface area contributed by atoms with Gasteiger partial charge in [-0.1, -0.05) is 6.07 Å². The normalized spacial score (nSPS) is 14.2. The Bertz CT molecular complexity index is 419. The molecule has 0 atom stereocenters. The molecule has 0 aliphatic heterocycles.